The first-order valence-electron chi connectivity index (χ1n) is 15.9. The predicted molar refractivity (Wildman–Crippen MR) is 186 cm³/mol. The summed E-state index contributed by atoms with van der Waals surface area (Å²) in [4.78, 5) is 51.0. The van der Waals surface area contributed by atoms with Gasteiger partial charge in [0.05, 0.1) is 44.5 Å². The molecule has 3 aliphatic rings. The molecule has 2 aromatic carbocycles. The Kier molecular flexibility index (Phi) is 7.89. The fourth-order valence-corrected chi connectivity index (χ4v) is 8.90. The minimum Gasteiger partial charge on any atom is -0.380 e. The number of anilines is 3. The highest BCUT2D eigenvalue weighted by atomic mass is 32.1. The van der Waals surface area contributed by atoms with Crippen LogP contribution in [0.25, 0.3) is 9.75 Å². The average molecular weight is 697 g/mol. The van der Waals surface area contributed by atoms with Gasteiger partial charge in [0.2, 0.25) is 0 Å². The number of carbonyl (C=O) groups is 3. The van der Waals surface area contributed by atoms with Gasteiger partial charge in [0.25, 0.3) is 11.8 Å². The lowest BCUT2D eigenvalue weighted by Crippen LogP contribution is -2.66. The Labute approximate surface area is 289 Å². The minimum absolute atomic E-state index is 0.180. The number of Topliss-reactive ketones (excluding diaryl/α,β-unsaturated/α-hetero) is 1. The van der Waals surface area contributed by atoms with Crippen LogP contribution in [0.5, 0.6) is 0 Å². The number of benzene rings is 2. The second kappa shape index (κ2) is 12.3. The Balaban J connectivity index is 0.970. The van der Waals surface area contributed by atoms with Gasteiger partial charge in [-0.1, -0.05) is 6.07 Å². The zero-order chi connectivity index (χ0) is 33.9. The van der Waals surface area contributed by atoms with Crippen LogP contribution in [0.1, 0.15) is 47.1 Å². The van der Waals surface area contributed by atoms with E-state index < -0.39 is 11.6 Å². The third-order valence-electron chi connectivity index (χ3n) is 9.28. The molecule has 0 aliphatic carbocycles. The third kappa shape index (κ3) is 5.73. The van der Waals surface area contributed by atoms with Gasteiger partial charge in [-0.05, 0) is 84.4 Å². The van der Waals surface area contributed by atoms with Crippen LogP contribution in [0.15, 0.2) is 72.2 Å². The van der Waals surface area contributed by atoms with Gasteiger partial charge in [0, 0.05) is 49.1 Å². The molecule has 6 heterocycles. The van der Waals surface area contributed by atoms with E-state index in [1.807, 2.05) is 24.4 Å². The van der Waals surface area contributed by atoms with Crippen LogP contribution in [0.4, 0.5) is 26.0 Å². The fraction of sp³-hybridized carbons (Fsp3) is 0.243. The largest absolute Gasteiger partial charge is 0.380 e. The highest BCUT2D eigenvalue weighted by Gasteiger charge is 2.50. The number of nitrogens with zero attached hydrogens (tertiary/aromatic N) is 3. The van der Waals surface area contributed by atoms with Crippen LogP contribution in [0.3, 0.4) is 0 Å². The Morgan fingerprint density at radius 2 is 1.76 bits per heavy atom. The molecule has 0 radical (unpaired) electrons. The molecule has 1 spiro atoms. The summed E-state index contributed by atoms with van der Waals surface area (Å²) < 4.78 is 33.8. The standard InChI is InChI=1S/C37H30F2N4O4S2/c1-21-13-26(34(40-16-21)42-17-37(18-42)19-47-20-37)35(45)41-24-7-5-22(6-8-24)36(46)43-11-9-23-14-31(49-32(23)33-29(43)10-12-48-33)30(44)15-25-27(38)3-2-4-28(25)39/h2-8,10,12-14,16H,9,11,15,17-20H2,1H3,(H,41,45). The number of fused-ring (bicyclic) bond motifs is 3. The van der Waals surface area contributed by atoms with Crippen molar-refractivity contribution in [1.29, 1.82) is 0 Å². The lowest BCUT2D eigenvalue weighted by Gasteiger charge is -2.55. The minimum atomic E-state index is -0.741. The molecule has 8 nitrogen and oxygen atoms in total. The number of pyridine rings is 1. The van der Waals surface area contributed by atoms with Crippen molar-refractivity contribution in [2.45, 2.75) is 19.8 Å². The fourth-order valence-electron chi connectivity index (χ4n) is 6.66. The first kappa shape index (κ1) is 31.5. The Bertz CT molecular complexity index is 2110. The van der Waals surface area contributed by atoms with E-state index in [1.54, 1.807) is 41.4 Å². The molecule has 5 aromatic rings. The number of ketones is 1. The molecular weight excluding hydrogens is 667 g/mol. The Morgan fingerprint density at radius 3 is 2.47 bits per heavy atom. The van der Waals surface area contributed by atoms with Crippen LogP contribution in [0.2, 0.25) is 0 Å². The predicted octanol–water partition coefficient (Wildman–Crippen LogP) is 7.18. The number of amides is 2. The van der Waals surface area contributed by atoms with Crippen molar-refractivity contribution in [3.8, 4) is 9.75 Å². The van der Waals surface area contributed by atoms with Gasteiger partial charge in [-0.25, -0.2) is 13.8 Å². The number of rotatable bonds is 7. The summed E-state index contributed by atoms with van der Waals surface area (Å²) in [5.41, 5.74) is 4.01. The van der Waals surface area contributed by atoms with Crippen molar-refractivity contribution in [3.05, 3.63) is 117 Å². The number of hydrogen-bond donors (Lipinski definition) is 1. The molecule has 3 aromatic heterocycles. The molecule has 248 valence electrons. The normalized spacial score (nSPS) is 15.9. The number of thiophene rings is 2. The molecule has 3 aliphatic heterocycles. The maximum Gasteiger partial charge on any atom is 0.259 e. The number of aryl methyl sites for hydroxylation is 1. The lowest BCUT2D eigenvalue weighted by molar-refractivity contribution is -0.127. The van der Waals surface area contributed by atoms with E-state index in [-0.39, 0.29) is 35.0 Å². The molecule has 0 atom stereocenters. The second-order valence-corrected chi connectivity index (χ2v) is 14.8. The molecule has 8 rings (SSSR count). The highest BCUT2D eigenvalue weighted by Crippen LogP contribution is 2.45. The number of halogens is 2. The van der Waals surface area contributed by atoms with E-state index in [1.165, 1.54) is 28.7 Å². The summed E-state index contributed by atoms with van der Waals surface area (Å²) in [6, 6.07) is 15.9. The van der Waals surface area contributed by atoms with Gasteiger partial charge in [-0.2, -0.15) is 0 Å². The van der Waals surface area contributed by atoms with Gasteiger partial charge >= 0.3 is 0 Å². The number of aromatic nitrogens is 1. The SMILES string of the molecule is Cc1cnc(N2CC3(COC3)C2)c(C(=O)Nc2ccc(C(=O)N3CCc4cc(C(=O)Cc5c(F)cccc5F)sc4-c4sccc43)cc2)c1. The average Bonchev–Trinajstić information content (AvgIpc) is 3.67. The van der Waals surface area contributed by atoms with Crippen LogP contribution in [-0.2, 0) is 17.6 Å². The molecule has 0 unspecified atom stereocenters. The molecular formula is C37H30F2N4O4S2. The number of nitrogens with one attached hydrogen (secondary N) is 1. The van der Waals surface area contributed by atoms with E-state index >= 15 is 0 Å². The summed E-state index contributed by atoms with van der Waals surface area (Å²) in [6.07, 6.45) is 1.91. The van der Waals surface area contributed by atoms with Crippen molar-refractivity contribution in [2.24, 2.45) is 5.41 Å². The zero-order valence-corrected chi connectivity index (χ0v) is 28.1. The molecule has 0 bridgehead atoms. The Hall–Kier alpha value is -4.78. The molecule has 2 fully saturated rings. The van der Waals surface area contributed by atoms with E-state index in [0.29, 0.717) is 40.5 Å². The van der Waals surface area contributed by atoms with E-state index in [9.17, 15) is 23.2 Å². The number of ether oxygens (including phenoxy) is 1. The summed E-state index contributed by atoms with van der Waals surface area (Å²) in [6.45, 7) is 5.39. The lowest BCUT2D eigenvalue weighted by atomic mass is 9.78. The number of carbonyl (C=O) groups excluding carboxylic acids is 3. The maximum atomic E-state index is 14.2. The van der Waals surface area contributed by atoms with Crippen molar-refractivity contribution in [3.63, 3.8) is 0 Å². The molecule has 12 heteroatoms. The van der Waals surface area contributed by atoms with Gasteiger partial charge in [-0.3, -0.25) is 14.4 Å². The van der Waals surface area contributed by atoms with Crippen molar-refractivity contribution in [2.75, 3.05) is 48.0 Å². The monoisotopic (exact) mass is 696 g/mol. The van der Waals surface area contributed by atoms with E-state index in [4.69, 9.17) is 4.74 Å². The van der Waals surface area contributed by atoms with Crippen molar-refractivity contribution < 1.29 is 27.9 Å². The molecule has 2 saturated heterocycles. The van der Waals surface area contributed by atoms with Gasteiger partial charge in [0.15, 0.2) is 5.78 Å². The van der Waals surface area contributed by atoms with E-state index in [2.05, 4.69) is 15.2 Å². The molecule has 49 heavy (non-hydrogen) atoms. The van der Waals surface area contributed by atoms with Gasteiger partial charge in [0.1, 0.15) is 17.5 Å². The highest BCUT2D eigenvalue weighted by molar-refractivity contribution is 7.23. The first-order chi connectivity index (χ1) is 23.7. The summed E-state index contributed by atoms with van der Waals surface area (Å²) in [5.74, 6) is -1.63. The van der Waals surface area contributed by atoms with E-state index in [0.717, 1.165) is 65.0 Å². The maximum absolute atomic E-state index is 14.2. The summed E-state index contributed by atoms with van der Waals surface area (Å²) in [7, 11) is 0. The molecule has 0 saturated carbocycles. The molecule has 1 N–H and O–H groups in total. The van der Waals surface area contributed by atoms with Gasteiger partial charge < -0.3 is 19.9 Å². The topological polar surface area (TPSA) is 91.8 Å². The summed E-state index contributed by atoms with van der Waals surface area (Å²) >= 11 is 2.76. The Morgan fingerprint density at radius 1 is 1.00 bits per heavy atom. The third-order valence-corrected chi connectivity index (χ3v) is 11.6. The number of hydrogen-bond acceptors (Lipinski definition) is 8. The quantitative estimate of drug-likeness (QED) is 0.182. The second-order valence-electron chi connectivity index (χ2n) is 12.9. The van der Waals surface area contributed by atoms with Crippen LogP contribution in [0, 0.1) is 24.0 Å². The van der Waals surface area contributed by atoms with Crippen molar-refractivity contribution in [1.82, 2.24) is 4.98 Å². The first-order valence-corrected chi connectivity index (χ1v) is 17.6. The smallest absolute Gasteiger partial charge is 0.259 e. The molecule has 2 amide bonds. The van der Waals surface area contributed by atoms with Crippen LogP contribution >= 0.6 is 22.7 Å². The zero-order valence-electron chi connectivity index (χ0n) is 26.4. The van der Waals surface area contributed by atoms with Crippen LogP contribution < -0.4 is 15.1 Å². The van der Waals surface area contributed by atoms with Crippen LogP contribution in [-0.4, -0.2) is 55.4 Å². The summed E-state index contributed by atoms with van der Waals surface area (Å²) in [5, 5.41) is 4.87. The van der Waals surface area contributed by atoms with Gasteiger partial charge in [-0.15, -0.1) is 22.7 Å². The van der Waals surface area contributed by atoms with Crippen molar-refractivity contribution >= 4 is 57.5 Å².